The molecule has 0 aliphatic carbocycles. The van der Waals surface area contributed by atoms with E-state index in [1.54, 1.807) is 6.08 Å². The van der Waals surface area contributed by atoms with Crippen LogP contribution < -0.4 is 0 Å². The summed E-state index contributed by atoms with van der Waals surface area (Å²) in [6, 6.07) is 0. The van der Waals surface area contributed by atoms with Crippen LogP contribution in [-0.4, -0.2) is 12.9 Å². The first-order valence-corrected chi connectivity index (χ1v) is 3.53. The van der Waals surface area contributed by atoms with Crippen molar-refractivity contribution in [2.75, 3.05) is 7.11 Å². The summed E-state index contributed by atoms with van der Waals surface area (Å²) in [5.41, 5.74) is 0. The van der Waals surface area contributed by atoms with Gasteiger partial charge in [-0.1, -0.05) is 13.8 Å². The van der Waals surface area contributed by atoms with Gasteiger partial charge in [-0.15, -0.1) is 0 Å². The van der Waals surface area contributed by atoms with Gasteiger partial charge in [0.25, 0.3) is 0 Å². The number of rotatable bonds is 4. The second-order valence-electron chi connectivity index (χ2n) is 1.96. The molecular formula is C8H14O2. The maximum Gasteiger partial charge on any atom is 0.196 e. The average Bonchev–Trinajstić information content (AvgIpc) is 1.99. The van der Waals surface area contributed by atoms with Crippen molar-refractivity contribution >= 4 is 5.78 Å². The second kappa shape index (κ2) is 5.03. The van der Waals surface area contributed by atoms with Crippen molar-refractivity contribution in [3.8, 4) is 0 Å². The Bertz CT molecular complexity index is 136. The zero-order valence-electron chi connectivity index (χ0n) is 6.81. The quantitative estimate of drug-likeness (QED) is 0.442. The van der Waals surface area contributed by atoms with Crippen LogP contribution in [-0.2, 0) is 9.53 Å². The Labute approximate surface area is 61.9 Å². The molecule has 0 radical (unpaired) electrons. The third kappa shape index (κ3) is 2.67. The van der Waals surface area contributed by atoms with Crippen LogP contribution in [0, 0.1) is 0 Å². The minimum atomic E-state index is 0.0735. The van der Waals surface area contributed by atoms with Crippen LogP contribution in [0.3, 0.4) is 0 Å². The summed E-state index contributed by atoms with van der Waals surface area (Å²) in [7, 11) is 1.52. The topological polar surface area (TPSA) is 26.3 Å². The van der Waals surface area contributed by atoms with Gasteiger partial charge in [0.15, 0.2) is 11.5 Å². The molecule has 0 aliphatic rings. The number of carbonyl (C=O) groups is 1. The molecule has 0 heterocycles. The second-order valence-corrected chi connectivity index (χ2v) is 1.96. The molecule has 0 aromatic carbocycles. The van der Waals surface area contributed by atoms with Crippen LogP contribution >= 0.6 is 0 Å². The van der Waals surface area contributed by atoms with Crippen molar-refractivity contribution in [2.45, 2.75) is 26.7 Å². The van der Waals surface area contributed by atoms with E-state index in [9.17, 15) is 4.79 Å². The Balaban J connectivity index is 4.06. The van der Waals surface area contributed by atoms with E-state index in [1.165, 1.54) is 7.11 Å². The van der Waals surface area contributed by atoms with Gasteiger partial charge in [-0.05, 0) is 12.5 Å². The predicted octanol–water partition coefficient (Wildman–Crippen LogP) is 1.91. The van der Waals surface area contributed by atoms with E-state index in [4.69, 9.17) is 4.74 Å². The van der Waals surface area contributed by atoms with Crippen LogP contribution in [0.25, 0.3) is 0 Å². The zero-order valence-corrected chi connectivity index (χ0v) is 6.81. The summed E-state index contributed by atoms with van der Waals surface area (Å²) in [4.78, 5) is 10.9. The molecule has 0 aliphatic heterocycles. The Morgan fingerprint density at radius 3 is 2.40 bits per heavy atom. The van der Waals surface area contributed by atoms with Gasteiger partial charge in [0.05, 0.1) is 7.11 Å². The van der Waals surface area contributed by atoms with Gasteiger partial charge in [0.1, 0.15) is 0 Å². The molecule has 2 nitrogen and oxygen atoms in total. The molecule has 10 heavy (non-hydrogen) atoms. The molecule has 0 rings (SSSR count). The molecule has 58 valence electrons. The van der Waals surface area contributed by atoms with Crippen LogP contribution in [0.1, 0.15) is 26.7 Å². The van der Waals surface area contributed by atoms with Gasteiger partial charge in [-0.25, -0.2) is 0 Å². The summed E-state index contributed by atoms with van der Waals surface area (Å²) in [6.45, 7) is 3.80. The molecule has 0 aromatic heterocycles. The van der Waals surface area contributed by atoms with Crippen molar-refractivity contribution in [1.29, 1.82) is 0 Å². The summed E-state index contributed by atoms with van der Waals surface area (Å²) < 4.78 is 4.85. The van der Waals surface area contributed by atoms with Crippen LogP contribution in [0.2, 0.25) is 0 Å². The lowest BCUT2D eigenvalue weighted by atomic mass is 10.2. The summed E-state index contributed by atoms with van der Waals surface area (Å²) in [5, 5.41) is 0. The molecule has 0 saturated heterocycles. The highest BCUT2D eigenvalue weighted by molar-refractivity contribution is 5.93. The molecule has 0 spiro atoms. The average molecular weight is 142 g/mol. The van der Waals surface area contributed by atoms with E-state index in [-0.39, 0.29) is 5.78 Å². The van der Waals surface area contributed by atoms with Crippen LogP contribution in [0.5, 0.6) is 0 Å². The molecule has 2 heteroatoms. The number of ether oxygens (including phenoxy) is 1. The summed E-state index contributed by atoms with van der Waals surface area (Å²) in [5.74, 6) is 0.564. The maximum absolute atomic E-state index is 10.9. The number of hydrogen-bond donors (Lipinski definition) is 0. The summed E-state index contributed by atoms with van der Waals surface area (Å²) in [6.07, 6.45) is 3.15. The van der Waals surface area contributed by atoms with Crippen molar-refractivity contribution in [2.24, 2.45) is 0 Å². The highest BCUT2D eigenvalue weighted by atomic mass is 16.5. The van der Waals surface area contributed by atoms with Gasteiger partial charge in [0.2, 0.25) is 0 Å². The first kappa shape index (κ1) is 9.21. The van der Waals surface area contributed by atoms with Gasteiger partial charge < -0.3 is 4.74 Å². The van der Waals surface area contributed by atoms with Crippen molar-refractivity contribution in [1.82, 2.24) is 0 Å². The van der Waals surface area contributed by atoms with E-state index >= 15 is 0 Å². The fourth-order valence-corrected chi connectivity index (χ4v) is 0.671. The minimum absolute atomic E-state index is 0.0735. The smallest absolute Gasteiger partial charge is 0.196 e. The van der Waals surface area contributed by atoms with Crippen LogP contribution in [0.15, 0.2) is 11.8 Å². The van der Waals surface area contributed by atoms with E-state index in [0.29, 0.717) is 12.2 Å². The van der Waals surface area contributed by atoms with E-state index in [0.717, 1.165) is 6.42 Å². The summed E-state index contributed by atoms with van der Waals surface area (Å²) >= 11 is 0. The number of allylic oxidation sites excluding steroid dienone is 2. The number of methoxy groups -OCH3 is 1. The standard InChI is InChI=1S/C8H14O2/c1-4-6-8(10-3)7(9)5-2/h6H,4-5H2,1-3H3/b8-6-. The maximum atomic E-state index is 10.9. The molecule has 0 bridgehead atoms. The van der Waals surface area contributed by atoms with E-state index in [1.807, 2.05) is 13.8 Å². The van der Waals surface area contributed by atoms with Gasteiger partial charge in [0, 0.05) is 6.42 Å². The number of Topliss-reactive ketones (excluding diaryl/α,β-unsaturated/α-hetero) is 1. The number of hydrogen-bond acceptors (Lipinski definition) is 2. The Morgan fingerprint density at radius 2 is 2.10 bits per heavy atom. The molecule has 0 fully saturated rings. The fourth-order valence-electron chi connectivity index (χ4n) is 0.671. The highest BCUT2D eigenvalue weighted by Gasteiger charge is 2.04. The Kier molecular flexibility index (Phi) is 4.63. The van der Waals surface area contributed by atoms with Crippen molar-refractivity contribution in [3.63, 3.8) is 0 Å². The van der Waals surface area contributed by atoms with E-state index < -0.39 is 0 Å². The van der Waals surface area contributed by atoms with Crippen molar-refractivity contribution < 1.29 is 9.53 Å². The Hall–Kier alpha value is -0.790. The molecule has 0 amide bonds. The first-order chi connectivity index (χ1) is 4.76. The zero-order chi connectivity index (χ0) is 7.98. The third-order valence-corrected chi connectivity index (χ3v) is 1.21. The minimum Gasteiger partial charge on any atom is -0.493 e. The lowest BCUT2D eigenvalue weighted by Gasteiger charge is -2.00. The molecule has 0 saturated carbocycles. The monoisotopic (exact) mass is 142 g/mol. The van der Waals surface area contributed by atoms with Gasteiger partial charge >= 0.3 is 0 Å². The predicted molar refractivity (Wildman–Crippen MR) is 40.7 cm³/mol. The molecule has 0 N–H and O–H groups in total. The normalized spacial score (nSPS) is 11.3. The lowest BCUT2D eigenvalue weighted by Crippen LogP contribution is -2.01. The van der Waals surface area contributed by atoms with Crippen LogP contribution in [0.4, 0.5) is 0 Å². The largest absolute Gasteiger partial charge is 0.493 e. The SMILES string of the molecule is CC/C=C(\OC)C(=O)CC. The third-order valence-electron chi connectivity index (χ3n) is 1.21. The molecule has 0 unspecified atom stereocenters. The van der Waals surface area contributed by atoms with Gasteiger partial charge in [-0.3, -0.25) is 4.79 Å². The number of ketones is 1. The van der Waals surface area contributed by atoms with E-state index in [2.05, 4.69) is 0 Å². The fraction of sp³-hybridized carbons (Fsp3) is 0.625. The molecule has 0 aromatic rings. The van der Waals surface area contributed by atoms with Gasteiger partial charge in [-0.2, -0.15) is 0 Å². The number of carbonyl (C=O) groups excluding carboxylic acids is 1. The molecular weight excluding hydrogens is 128 g/mol. The first-order valence-electron chi connectivity index (χ1n) is 3.53. The molecule has 0 atom stereocenters. The van der Waals surface area contributed by atoms with Crippen molar-refractivity contribution in [3.05, 3.63) is 11.8 Å². The highest BCUT2D eigenvalue weighted by Crippen LogP contribution is 2.01. The Morgan fingerprint density at radius 1 is 1.50 bits per heavy atom. The lowest BCUT2D eigenvalue weighted by molar-refractivity contribution is -0.118.